The van der Waals surface area contributed by atoms with E-state index in [4.69, 9.17) is 9.47 Å². The molecule has 0 aliphatic rings. The maximum absolute atomic E-state index is 12.0. The largest absolute Gasteiger partial charge is 0.493 e. The first-order valence-electron chi connectivity index (χ1n) is 8.70. The fourth-order valence-corrected chi connectivity index (χ4v) is 2.39. The summed E-state index contributed by atoms with van der Waals surface area (Å²) in [5.41, 5.74) is 3.05. The van der Waals surface area contributed by atoms with Crippen molar-refractivity contribution in [2.45, 2.75) is 46.6 Å². The first-order chi connectivity index (χ1) is 11.9. The van der Waals surface area contributed by atoms with Gasteiger partial charge in [-0.05, 0) is 75.6 Å². The number of hydrogen-bond acceptors (Lipinski definition) is 3. The molecule has 0 unspecified atom stereocenters. The summed E-state index contributed by atoms with van der Waals surface area (Å²) in [6.07, 6.45) is 1.24. The molecule has 0 saturated heterocycles. The van der Waals surface area contributed by atoms with E-state index >= 15 is 0 Å². The zero-order valence-corrected chi connectivity index (χ0v) is 15.5. The summed E-state index contributed by atoms with van der Waals surface area (Å²) in [4.78, 5) is 12.0. The molecule has 0 fully saturated rings. The van der Waals surface area contributed by atoms with E-state index in [1.807, 2.05) is 64.1 Å². The van der Waals surface area contributed by atoms with Gasteiger partial charge in [0.2, 0.25) is 5.91 Å². The molecular weight excluding hydrogens is 314 g/mol. The smallest absolute Gasteiger partial charge is 0.224 e. The summed E-state index contributed by atoms with van der Waals surface area (Å²) in [7, 11) is 0. The molecule has 2 rings (SSSR count). The average Bonchev–Trinajstić information content (AvgIpc) is 2.56. The van der Waals surface area contributed by atoms with Crippen molar-refractivity contribution in [1.82, 2.24) is 0 Å². The van der Waals surface area contributed by atoms with Crippen LogP contribution in [0.4, 0.5) is 5.69 Å². The zero-order chi connectivity index (χ0) is 18.2. The molecule has 0 aromatic heterocycles. The molecule has 0 bridgehead atoms. The van der Waals surface area contributed by atoms with Gasteiger partial charge in [0, 0.05) is 12.1 Å². The van der Waals surface area contributed by atoms with Gasteiger partial charge in [0.1, 0.15) is 11.5 Å². The molecule has 0 aliphatic carbocycles. The van der Waals surface area contributed by atoms with E-state index < -0.39 is 0 Å². The topological polar surface area (TPSA) is 47.6 Å². The Hall–Kier alpha value is -2.49. The summed E-state index contributed by atoms with van der Waals surface area (Å²) >= 11 is 0. The highest BCUT2D eigenvalue weighted by molar-refractivity contribution is 5.90. The number of amides is 1. The number of anilines is 1. The van der Waals surface area contributed by atoms with Gasteiger partial charge in [0.05, 0.1) is 12.7 Å². The van der Waals surface area contributed by atoms with Gasteiger partial charge in [-0.1, -0.05) is 12.1 Å². The van der Waals surface area contributed by atoms with Crippen LogP contribution < -0.4 is 14.8 Å². The zero-order valence-electron chi connectivity index (χ0n) is 15.5. The number of benzene rings is 2. The second kappa shape index (κ2) is 9.11. The molecule has 2 aromatic rings. The van der Waals surface area contributed by atoms with Crippen molar-refractivity contribution in [3.63, 3.8) is 0 Å². The molecule has 134 valence electrons. The molecule has 2 aromatic carbocycles. The summed E-state index contributed by atoms with van der Waals surface area (Å²) in [5.74, 6) is 1.68. The van der Waals surface area contributed by atoms with Gasteiger partial charge in [-0.15, -0.1) is 0 Å². The summed E-state index contributed by atoms with van der Waals surface area (Å²) in [6, 6.07) is 13.6. The van der Waals surface area contributed by atoms with Gasteiger partial charge in [-0.2, -0.15) is 0 Å². The molecule has 4 heteroatoms. The maximum Gasteiger partial charge on any atom is 0.224 e. The van der Waals surface area contributed by atoms with Crippen LogP contribution in [0.15, 0.2) is 42.5 Å². The second-order valence-corrected chi connectivity index (χ2v) is 6.46. The minimum atomic E-state index is -0.0120. The summed E-state index contributed by atoms with van der Waals surface area (Å²) in [6.45, 7) is 8.55. The lowest BCUT2D eigenvalue weighted by molar-refractivity contribution is -0.116. The number of hydrogen-bond donors (Lipinski definition) is 1. The van der Waals surface area contributed by atoms with Crippen LogP contribution in [-0.2, 0) is 4.79 Å². The number of aryl methyl sites for hydroxylation is 2. The van der Waals surface area contributed by atoms with Gasteiger partial charge >= 0.3 is 0 Å². The van der Waals surface area contributed by atoms with E-state index in [1.165, 1.54) is 5.56 Å². The predicted octanol–water partition coefficient (Wildman–Crippen LogP) is 4.89. The Labute approximate surface area is 150 Å². The predicted molar refractivity (Wildman–Crippen MR) is 101 cm³/mol. The van der Waals surface area contributed by atoms with Crippen molar-refractivity contribution in [2.24, 2.45) is 0 Å². The fourth-order valence-electron chi connectivity index (χ4n) is 2.39. The number of carbonyl (C=O) groups is 1. The SMILES string of the molecule is Cc1ccc(C)c(OCCCC(=O)Nc2ccc(OC(C)C)cc2)c1. The first kappa shape index (κ1) is 18.8. The Morgan fingerprint density at radius 2 is 1.80 bits per heavy atom. The van der Waals surface area contributed by atoms with Gasteiger partial charge in [-0.25, -0.2) is 0 Å². The van der Waals surface area contributed by atoms with Crippen molar-refractivity contribution >= 4 is 11.6 Å². The van der Waals surface area contributed by atoms with Gasteiger partial charge in [0.25, 0.3) is 0 Å². The number of carbonyl (C=O) groups excluding carboxylic acids is 1. The van der Waals surface area contributed by atoms with E-state index in [1.54, 1.807) is 0 Å². The quantitative estimate of drug-likeness (QED) is 0.696. The van der Waals surface area contributed by atoms with Gasteiger partial charge in [-0.3, -0.25) is 4.79 Å². The molecule has 25 heavy (non-hydrogen) atoms. The number of ether oxygens (including phenoxy) is 2. The van der Waals surface area contributed by atoms with Crippen LogP contribution in [0.1, 0.15) is 37.8 Å². The van der Waals surface area contributed by atoms with E-state index in [0.717, 1.165) is 22.7 Å². The third-order valence-electron chi connectivity index (χ3n) is 3.66. The standard InChI is InChI=1S/C21H27NO3/c1-15(2)25-19-11-9-18(10-12-19)22-21(23)6-5-13-24-20-14-16(3)7-8-17(20)4/h7-12,14-15H,5-6,13H2,1-4H3,(H,22,23). The second-order valence-electron chi connectivity index (χ2n) is 6.46. The van der Waals surface area contributed by atoms with Crippen molar-refractivity contribution < 1.29 is 14.3 Å². The molecule has 0 radical (unpaired) electrons. The van der Waals surface area contributed by atoms with Crippen LogP contribution in [0.5, 0.6) is 11.5 Å². The Kier molecular flexibility index (Phi) is 6.87. The molecule has 1 N–H and O–H groups in total. The minimum absolute atomic E-state index is 0.0120. The van der Waals surface area contributed by atoms with Crippen molar-refractivity contribution in [3.8, 4) is 11.5 Å². The van der Waals surface area contributed by atoms with Crippen molar-refractivity contribution in [3.05, 3.63) is 53.6 Å². The normalized spacial score (nSPS) is 10.6. The highest BCUT2D eigenvalue weighted by Gasteiger charge is 2.05. The minimum Gasteiger partial charge on any atom is -0.493 e. The Balaban J connectivity index is 1.72. The molecule has 0 aliphatic heterocycles. The molecule has 0 spiro atoms. The van der Waals surface area contributed by atoms with Gasteiger partial charge in [0.15, 0.2) is 0 Å². The third-order valence-corrected chi connectivity index (χ3v) is 3.66. The maximum atomic E-state index is 12.0. The van der Waals surface area contributed by atoms with Gasteiger partial charge < -0.3 is 14.8 Å². The van der Waals surface area contributed by atoms with E-state index in [-0.39, 0.29) is 12.0 Å². The lowest BCUT2D eigenvalue weighted by Gasteiger charge is -2.11. The average molecular weight is 341 g/mol. The first-order valence-corrected chi connectivity index (χ1v) is 8.70. The lowest BCUT2D eigenvalue weighted by Crippen LogP contribution is -2.13. The molecule has 0 heterocycles. The highest BCUT2D eigenvalue weighted by Crippen LogP contribution is 2.20. The molecule has 1 amide bonds. The molecule has 0 atom stereocenters. The highest BCUT2D eigenvalue weighted by atomic mass is 16.5. The van der Waals surface area contributed by atoms with Crippen LogP contribution in [0.25, 0.3) is 0 Å². The Morgan fingerprint density at radius 3 is 2.48 bits per heavy atom. The van der Waals surface area contributed by atoms with E-state index in [9.17, 15) is 4.79 Å². The molecule has 4 nitrogen and oxygen atoms in total. The number of nitrogens with one attached hydrogen (secondary N) is 1. The van der Waals surface area contributed by atoms with Crippen molar-refractivity contribution in [1.29, 1.82) is 0 Å². The van der Waals surface area contributed by atoms with Crippen LogP contribution in [-0.4, -0.2) is 18.6 Å². The molecule has 0 saturated carbocycles. The summed E-state index contributed by atoms with van der Waals surface area (Å²) in [5, 5.41) is 2.89. The van der Waals surface area contributed by atoms with Crippen molar-refractivity contribution in [2.75, 3.05) is 11.9 Å². The fraction of sp³-hybridized carbons (Fsp3) is 0.381. The third kappa shape index (κ3) is 6.49. The lowest BCUT2D eigenvalue weighted by atomic mass is 10.1. The number of rotatable bonds is 8. The van der Waals surface area contributed by atoms with Crippen LogP contribution in [0.2, 0.25) is 0 Å². The Bertz CT molecular complexity index is 693. The van der Waals surface area contributed by atoms with Crippen LogP contribution in [0.3, 0.4) is 0 Å². The van der Waals surface area contributed by atoms with Crippen LogP contribution >= 0.6 is 0 Å². The monoisotopic (exact) mass is 341 g/mol. The Morgan fingerprint density at radius 1 is 1.08 bits per heavy atom. The van der Waals surface area contributed by atoms with E-state index in [0.29, 0.717) is 19.4 Å². The summed E-state index contributed by atoms with van der Waals surface area (Å²) < 4.78 is 11.4. The van der Waals surface area contributed by atoms with E-state index in [2.05, 4.69) is 11.4 Å². The molecular formula is C21H27NO3. The van der Waals surface area contributed by atoms with Crippen LogP contribution in [0, 0.1) is 13.8 Å².